The molecule has 1 N–H and O–H groups in total. The summed E-state index contributed by atoms with van der Waals surface area (Å²) in [5.74, 6) is 1.39. The predicted molar refractivity (Wildman–Crippen MR) is 103 cm³/mol. The van der Waals surface area contributed by atoms with Crippen molar-refractivity contribution >= 4 is 5.96 Å². The zero-order valence-electron chi connectivity index (χ0n) is 16.3. The number of rotatable bonds is 8. The van der Waals surface area contributed by atoms with E-state index in [0.717, 1.165) is 63.0 Å². The number of guanidine groups is 1. The van der Waals surface area contributed by atoms with Gasteiger partial charge in [-0.2, -0.15) is 0 Å². The minimum absolute atomic E-state index is 0.236. The molecule has 146 valence electrons. The SMILES string of the molecule is CCNC(=NCc1ccc(F)c(COC)c1)N(C)CCC1CCOCC1. The van der Waals surface area contributed by atoms with Gasteiger partial charge in [0.2, 0.25) is 0 Å². The van der Waals surface area contributed by atoms with E-state index in [0.29, 0.717) is 12.1 Å². The van der Waals surface area contributed by atoms with Crippen molar-refractivity contribution in [2.24, 2.45) is 10.9 Å². The number of ether oxygens (including phenoxy) is 2. The van der Waals surface area contributed by atoms with E-state index in [2.05, 4.69) is 24.2 Å². The minimum Gasteiger partial charge on any atom is -0.381 e. The van der Waals surface area contributed by atoms with Crippen LogP contribution in [0.1, 0.15) is 37.3 Å². The molecule has 0 radical (unpaired) electrons. The minimum atomic E-state index is -0.236. The van der Waals surface area contributed by atoms with Crippen LogP contribution in [0.3, 0.4) is 0 Å². The van der Waals surface area contributed by atoms with Crippen LogP contribution in [0.5, 0.6) is 0 Å². The molecular weight excluding hydrogens is 333 g/mol. The number of aliphatic imine (C=N–C) groups is 1. The third-order valence-corrected chi connectivity index (χ3v) is 4.73. The van der Waals surface area contributed by atoms with E-state index in [4.69, 9.17) is 14.5 Å². The van der Waals surface area contributed by atoms with Crippen molar-refractivity contribution in [2.75, 3.05) is 40.5 Å². The molecule has 1 heterocycles. The Morgan fingerprint density at radius 3 is 2.85 bits per heavy atom. The monoisotopic (exact) mass is 365 g/mol. The number of halogens is 1. The van der Waals surface area contributed by atoms with Gasteiger partial charge in [0.05, 0.1) is 13.2 Å². The van der Waals surface area contributed by atoms with E-state index in [1.165, 1.54) is 6.07 Å². The normalized spacial score (nSPS) is 15.9. The Balaban J connectivity index is 1.95. The van der Waals surface area contributed by atoms with E-state index >= 15 is 0 Å². The van der Waals surface area contributed by atoms with Crippen LogP contribution in [-0.4, -0.2) is 51.3 Å². The maximum atomic E-state index is 13.7. The molecule has 0 saturated carbocycles. The summed E-state index contributed by atoms with van der Waals surface area (Å²) in [6, 6.07) is 5.10. The first-order chi connectivity index (χ1) is 12.6. The maximum absolute atomic E-state index is 13.7. The third-order valence-electron chi connectivity index (χ3n) is 4.73. The lowest BCUT2D eigenvalue weighted by atomic mass is 9.96. The average Bonchev–Trinajstić information content (AvgIpc) is 2.66. The molecule has 2 rings (SSSR count). The van der Waals surface area contributed by atoms with E-state index in [1.54, 1.807) is 13.2 Å². The maximum Gasteiger partial charge on any atom is 0.193 e. The van der Waals surface area contributed by atoms with Crippen LogP contribution in [0.25, 0.3) is 0 Å². The molecule has 1 aromatic carbocycles. The molecule has 1 aromatic rings. The Labute approximate surface area is 156 Å². The molecule has 0 bridgehead atoms. The molecule has 0 aromatic heterocycles. The molecule has 1 saturated heterocycles. The highest BCUT2D eigenvalue weighted by molar-refractivity contribution is 5.79. The van der Waals surface area contributed by atoms with E-state index < -0.39 is 0 Å². The van der Waals surface area contributed by atoms with Crippen molar-refractivity contribution in [3.8, 4) is 0 Å². The first kappa shape index (κ1) is 20.6. The van der Waals surface area contributed by atoms with Crippen molar-refractivity contribution in [3.05, 3.63) is 35.1 Å². The number of methoxy groups -OCH3 is 1. The van der Waals surface area contributed by atoms with Crippen molar-refractivity contribution in [2.45, 2.75) is 39.3 Å². The molecule has 0 atom stereocenters. The highest BCUT2D eigenvalue weighted by atomic mass is 19.1. The summed E-state index contributed by atoms with van der Waals surface area (Å²) in [6.45, 7) is 6.41. The lowest BCUT2D eigenvalue weighted by Gasteiger charge is -2.26. The van der Waals surface area contributed by atoms with E-state index in [9.17, 15) is 4.39 Å². The molecule has 0 aliphatic carbocycles. The molecule has 0 amide bonds. The highest BCUT2D eigenvalue weighted by Crippen LogP contribution is 2.18. The zero-order valence-corrected chi connectivity index (χ0v) is 16.3. The Kier molecular flexibility index (Phi) is 8.85. The summed E-state index contributed by atoms with van der Waals surface area (Å²) in [6.07, 6.45) is 3.46. The van der Waals surface area contributed by atoms with Crippen LogP contribution in [0.2, 0.25) is 0 Å². The van der Waals surface area contributed by atoms with Crippen molar-refractivity contribution in [1.82, 2.24) is 10.2 Å². The van der Waals surface area contributed by atoms with Crippen LogP contribution in [0, 0.1) is 11.7 Å². The van der Waals surface area contributed by atoms with E-state index in [-0.39, 0.29) is 12.4 Å². The second-order valence-electron chi connectivity index (χ2n) is 6.79. The van der Waals surface area contributed by atoms with Gasteiger partial charge in [-0.15, -0.1) is 0 Å². The average molecular weight is 365 g/mol. The first-order valence-electron chi connectivity index (χ1n) is 9.47. The molecule has 0 spiro atoms. The van der Waals surface area contributed by atoms with Crippen LogP contribution in [-0.2, 0) is 22.6 Å². The first-order valence-corrected chi connectivity index (χ1v) is 9.47. The molecule has 26 heavy (non-hydrogen) atoms. The van der Waals surface area contributed by atoms with Gasteiger partial charge in [-0.05, 0) is 49.8 Å². The standard InChI is InChI=1S/C20H32FN3O2/c1-4-22-20(24(2)10-7-16-8-11-26-12-9-16)23-14-17-5-6-19(21)18(13-17)15-25-3/h5-6,13,16H,4,7-12,14-15H2,1-3H3,(H,22,23). The fourth-order valence-electron chi connectivity index (χ4n) is 3.15. The van der Waals surface area contributed by atoms with Crippen LogP contribution in [0.4, 0.5) is 4.39 Å². The van der Waals surface area contributed by atoms with Gasteiger partial charge in [-0.3, -0.25) is 0 Å². The summed E-state index contributed by atoms with van der Waals surface area (Å²) in [5, 5.41) is 3.34. The van der Waals surface area contributed by atoms with E-state index in [1.807, 2.05) is 6.07 Å². The number of hydrogen-bond donors (Lipinski definition) is 1. The van der Waals surface area contributed by atoms with Crippen LogP contribution >= 0.6 is 0 Å². The van der Waals surface area contributed by atoms with Gasteiger partial charge in [-0.1, -0.05) is 6.07 Å². The molecule has 0 unspecified atom stereocenters. The smallest absolute Gasteiger partial charge is 0.193 e. The van der Waals surface area contributed by atoms with Gasteiger partial charge in [-0.25, -0.2) is 9.38 Å². The molecule has 1 aliphatic rings. The number of benzene rings is 1. The second kappa shape index (κ2) is 11.1. The van der Waals surface area contributed by atoms with Gasteiger partial charge in [0.25, 0.3) is 0 Å². The summed E-state index contributed by atoms with van der Waals surface area (Å²) in [5.41, 5.74) is 1.55. The molecule has 1 aliphatic heterocycles. The van der Waals surface area contributed by atoms with Crippen LogP contribution < -0.4 is 5.32 Å². The second-order valence-corrected chi connectivity index (χ2v) is 6.79. The lowest BCUT2D eigenvalue weighted by Crippen LogP contribution is -2.40. The Hall–Kier alpha value is -1.66. The zero-order chi connectivity index (χ0) is 18.8. The van der Waals surface area contributed by atoms with Gasteiger partial charge in [0.15, 0.2) is 5.96 Å². The quantitative estimate of drug-likeness (QED) is 0.568. The largest absolute Gasteiger partial charge is 0.381 e. The molecule has 1 fully saturated rings. The third kappa shape index (κ3) is 6.57. The fourth-order valence-corrected chi connectivity index (χ4v) is 3.15. The Morgan fingerprint density at radius 2 is 2.15 bits per heavy atom. The topological polar surface area (TPSA) is 46.1 Å². The predicted octanol–water partition coefficient (Wildman–Crippen LogP) is 3.19. The Morgan fingerprint density at radius 1 is 1.38 bits per heavy atom. The highest BCUT2D eigenvalue weighted by Gasteiger charge is 2.15. The van der Waals surface area contributed by atoms with Gasteiger partial charge in [0.1, 0.15) is 5.82 Å². The van der Waals surface area contributed by atoms with Crippen LogP contribution in [0.15, 0.2) is 23.2 Å². The fraction of sp³-hybridized carbons (Fsp3) is 0.650. The van der Waals surface area contributed by atoms with Crippen molar-refractivity contribution in [3.63, 3.8) is 0 Å². The summed E-state index contributed by atoms with van der Waals surface area (Å²) >= 11 is 0. The number of hydrogen-bond acceptors (Lipinski definition) is 3. The summed E-state index contributed by atoms with van der Waals surface area (Å²) in [4.78, 5) is 6.90. The molecule has 6 heteroatoms. The Bertz CT molecular complexity index is 574. The summed E-state index contributed by atoms with van der Waals surface area (Å²) < 4.78 is 24.2. The van der Waals surface area contributed by atoms with Gasteiger partial charge in [0, 0.05) is 46.0 Å². The lowest BCUT2D eigenvalue weighted by molar-refractivity contribution is 0.0625. The molecular formula is C20H32FN3O2. The van der Waals surface area contributed by atoms with Crippen molar-refractivity contribution in [1.29, 1.82) is 0 Å². The van der Waals surface area contributed by atoms with Crippen molar-refractivity contribution < 1.29 is 13.9 Å². The summed E-state index contributed by atoms with van der Waals surface area (Å²) in [7, 11) is 3.64. The number of nitrogens with zero attached hydrogens (tertiary/aromatic N) is 2. The molecule has 5 nitrogen and oxygen atoms in total. The number of nitrogens with one attached hydrogen (secondary N) is 1. The van der Waals surface area contributed by atoms with Gasteiger partial charge >= 0.3 is 0 Å². The van der Waals surface area contributed by atoms with Gasteiger partial charge < -0.3 is 19.7 Å².